The van der Waals surface area contributed by atoms with Crippen molar-refractivity contribution in [1.29, 1.82) is 0 Å². The summed E-state index contributed by atoms with van der Waals surface area (Å²) in [6, 6.07) is 7.08. The Bertz CT molecular complexity index is 917. The number of rotatable bonds is 8. The Morgan fingerprint density at radius 1 is 1.19 bits per heavy atom. The van der Waals surface area contributed by atoms with E-state index in [-0.39, 0.29) is 29.8 Å². The van der Waals surface area contributed by atoms with Crippen LogP contribution in [0.2, 0.25) is 0 Å². The smallest absolute Gasteiger partial charge is 0.269 e. The van der Waals surface area contributed by atoms with Crippen molar-refractivity contribution in [1.82, 2.24) is 19.8 Å². The van der Waals surface area contributed by atoms with Gasteiger partial charge in [-0.15, -0.1) is 0 Å². The first-order valence-electron chi connectivity index (χ1n) is 9.08. The summed E-state index contributed by atoms with van der Waals surface area (Å²) in [7, 11) is -3.61. The van der Waals surface area contributed by atoms with E-state index in [0.29, 0.717) is 17.8 Å². The summed E-state index contributed by atoms with van der Waals surface area (Å²) in [5.41, 5.74) is 2.91. The van der Waals surface area contributed by atoms with Gasteiger partial charge in [-0.1, -0.05) is 26.0 Å². The first-order valence-corrected chi connectivity index (χ1v) is 10.6. The van der Waals surface area contributed by atoms with Crippen LogP contribution in [0.3, 0.4) is 0 Å². The Balaban J connectivity index is 1.96. The number of nitrogens with zero attached hydrogens (tertiary/aromatic N) is 2. The van der Waals surface area contributed by atoms with Gasteiger partial charge in [0.25, 0.3) is 5.91 Å². The van der Waals surface area contributed by atoms with E-state index >= 15 is 0 Å². The van der Waals surface area contributed by atoms with Crippen molar-refractivity contribution in [2.75, 3.05) is 13.1 Å². The number of benzene rings is 1. The lowest BCUT2D eigenvalue weighted by Crippen LogP contribution is -2.35. The van der Waals surface area contributed by atoms with Gasteiger partial charge in [-0.3, -0.25) is 9.48 Å². The van der Waals surface area contributed by atoms with Crippen LogP contribution in [-0.4, -0.2) is 37.2 Å². The van der Waals surface area contributed by atoms with E-state index in [1.807, 2.05) is 33.8 Å². The number of sulfonamides is 1. The van der Waals surface area contributed by atoms with Crippen LogP contribution in [0, 0.1) is 13.8 Å². The maximum absolute atomic E-state index is 12.5. The molecule has 148 valence electrons. The Kier molecular flexibility index (Phi) is 6.78. The molecule has 0 unspecified atom stereocenters. The van der Waals surface area contributed by atoms with E-state index in [2.05, 4.69) is 15.1 Å². The molecule has 0 aliphatic heterocycles. The van der Waals surface area contributed by atoms with Crippen LogP contribution in [0.5, 0.6) is 0 Å². The molecular formula is C19H28N4O3S. The predicted molar refractivity (Wildman–Crippen MR) is 105 cm³/mol. The summed E-state index contributed by atoms with van der Waals surface area (Å²) < 4.78 is 29.1. The maximum Gasteiger partial charge on any atom is 0.269 e. The molecule has 0 aliphatic carbocycles. The number of carbonyl (C=O) groups excluding carboxylic acids is 1. The fourth-order valence-electron chi connectivity index (χ4n) is 2.67. The number of hydrogen-bond donors (Lipinski definition) is 2. The zero-order valence-electron chi connectivity index (χ0n) is 16.5. The van der Waals surface area contributed by atoms with E-state index in [1.165, 1.54) is 0 Å². The molecule has 0 aliphatic rings. The lowest BCUT2D eigenvalue weighted by molar-refractivity contribution is 0.0943. The van der Waals surface area contributed by atoms with E-state index in [1.54, 1.807) is 29.8 Å². The minimum absolute atomic E-state index is 0.110. The molecule has 0 atom stereocenters. The zero-order chi connectivity index (χ0) is 20.2. The van der Waals surface area contributed by atoms with Crippen molar-refractivity contribution < 1.29 is 13.2 Å². The average molecular weight is 393 g/mol. The van der Waals surface area contributed by atoms with Crippen molar-refractivity contribution in [3.63, 3.8) is 0 Å². The lowest BCUT2D eigenvalue weighted by atomic mass is 10.1. The number of hydrogen-bond acceptors (Lipinski definition) is 4. The van der Waals surface area contributed by atoms with Gasteiger partial charge in [0.2, 0.25) is 10.0 Å². The van der Waals surface area contributed by atoms with Gasteiger partial charge in [-0.05, 0) is 49.9 Å². The van der Waals surface area contributed by atoms with Crippen molar-refractivity contribution in [3.05, 3.63) is 46.8 Å². The molecular weight excluding hydrogens is 364 g/mol. The van der Waals surface area contributed by atoms with Crippen LogP contribution in [0.25, 0.3) is 0 Å². The number of aromatic nitrogens is 2. The highest BCUT2D eigenvalue weighted by Gasteiger charge is 2.18. The van der Waals surface area contributed by atoms with Crippen LogP contribution < -0.4 is 10.0 Å². The van der Waals surface area contributed by atoms with Crippen molar-refractivity contribution in [3.8, 4) is 0 Å². The second-order valence-corrected chi connectivity index (χ2v) is 8.58. The van der Waals surface area contributed by atoms with Gasteiger partial charge in [0.15, 0.2) is 0 Å². The third-order valence-electron chi connectivity index (χ3n) is 4.26. The highest BCUT2D eigenvalue weighted by Crippen LogP contribution is 2.16. The highest BCUT2D eigenvalue weighted by atomic mass is 32.2. The molecule has 1 aromatic heterocycles. The first-order chi connectivity index (χ1) is 12.7. The molecule has 27 heavy (non-hydrogen) atoms. The van der Waals surface area contributed by atoms with E-state index in [4.69, 9.17) is 0 Å². The van der Waals surface area contributed by atoms with Crippen LogP contribution >= 0.6 is 0 Å². The fraction of sp³-hybridized carbons (Fsp3) is 0.474. The second kappa shape index (κ2) is 8.67. The summed E-state index contributed by atoms with van der Waals surface area (Å²) >= 11 is 0. The molecule has 0 saturated carbocycles. The minimum atomic E-state index is -3.61. The van der Waals surface area contributed by atoms with Gasteiger partial charge in [-0.25, -0.2) is 13.1 Å². The lowest BCUT2D eigenvalue weighted by Gasteiger charge is -2.11. The van der Waals surface area contributed by atoms with Gasteiger partial charge in [0, 0.05) is 19.6 Å². The Hall–Kier alpha value is -2.19. The summed E-state index contributed by atoms with van der Waals surface area (Å²) in [5.74, 6) is -0.0316. The van der Waals surface area contributed by atoms with Gasteiger partial charge in [0.1, 0.15) is 5.69 Å². The van der Waals surface area contributed by atoms with Crippen LogP contribution in [0.4, 0.5) is 0 Å². The third-order valence-corrected chi connectivity index (χ3v) is 5.86. The number of nitrogens with one attached hydrogen (secondary N) is 2. The standard InChI is InChI=1S/C19H28N4O3S/c1-6-23-17(12-16(22-23)13(2)3)19(24)20-9-10-21-27(25,26)18-11-14(4)7-8-15(18)5/h7-8,11-13,21H,6,9-10H2,1-5H3,(H,20,24). The summed E-state index contributed by atoms with van der Waals surface area (Å²) in [6.07, 6.45) is 0. The van der Waals surface area contributed by atoms with Gasteiger partial charge >= 0.3 is 0 Å². The number of aryl methyl sites for hydroxylation is 3. The third kappa shape index (κ3) is 5.17. The Labute approximate surface area is 161 Å². The second-order valence-electron chi connectivity index (χ2n) is 6.85. The SMILES string of the molecule is CCn1nc(C(C)C)cc1C(=O)NCCNS(=O)(=O)c1cc(C)ccc1C. The van der Waals surface area contributed by atoms with Crippen molar-refractivity contribution in [2.45, 2.75) is 52.0 Å². The average Bonchev–Trinajstić information content (AvgIpc) is 3.05. The molecule has 1 heterocycles. The first kappa shape index (κ1) is 21.1. The molecule has 0 radical (unpaired) electrons. The molecule has 2 aromatic rings. The largest absolute Gasteiger partial charge is 0.349 e. The van der Waals surface area contributed by atoms with Gasteiger partial charge in [0.05, 0.1) is 10.6 Å². The monoisotopic (exact) mass is 392 g/mol. The Morgan fingerprint density at radius 2 is 1.89 bits per heavy atom. The topological polar surface area (TPSA) is 93.1 Å². The molecule has 1 amide bonds. The Morgan fingerprint density at radius 3 is 2.52 bits per heavy atom. The van der Waals surface area contributed by atoms with E-state index < -0.39 is 10.0 Å². The van der Waals surface area contributed by atoms with Crippen LogP contribution in [0.15, 0.2) is 29.2 Å². The van der Waals surface area contributed by atoms with Crippen LogP contribution in [-0.2, 0) is 16.6 Å². The molecule has 7 nitrogen and oxygen atoms in total. The molecule has 0 spiro atoms. The molecule has 0 saturated heterocycles. The summed E-state index contributed by atoms with van der Waals surface area (Å²) in [4.78, 5) is 12.7. The number of amides is 1. The quantitative estimate of drug-likeness (QED) is 0.675. The molecule has 8 heteroatoms. The molecule has 0 fully saturated rings. The zero-order valence-corrected chi connectivity index (χ0v) is 17.4. The molecule has 2 N–H and O–H groups in total. The number of carbonyl (C=O) groups is 1. The van der Waals surface area contributed by atoms with Crippen LogP contribution in [0.1, 0.15) is 54.0 Å². The predicted octanol–water partition coefficient (Wildman–Crippen LogP) is 2.35. The molecule has 0 bridgehead atoms. The molecule has 1 aromatic carbocycles. The molecule has 2 rings (SSSR count). The van der Waals surface area contributed by atoms with E-state index in [9.17, 15) is 13.2 Å². The summed E-state index contributed by atoms with van der Waals surface area (Å²) in [6.45, 7) is 10.5. The van der Waals surface area contributed by atoms with Gasteiger partial charge in [-0.2, -0.15) is 5.10 Å². The fourth-order valence-corrected chi connectivity index (χ4v) is 4.03. The van der Waals surface area contributed by atoms with E-state index in [0.717, 1.165) is 11.3 Å². The van der Waals surface area contributed by atoms with Crippen molar-refractivity contribution >= 4 is 15.9 Å². The summed E-state index contributed by atoms with van der Waals surface area (Å²) in [5, 5.41) is 7.17. The van der Waals surface area contributed by atoms with Crippen molar-refractivity contribution in [2.24, 2.45) is 0 Å². The normalized spacial score (nSPS) is 11.8. The van der Waals surface area contributed by atoms with Gasteiger partial charge < -0.3 is 5.32 Å². The maximum atomic E-state index is 12.5. The minimum Gasteiger partial charge on any atom is -0.349 e. The highest BCUT2D eigenvalue weighted by molar-refractivity contribution is 7.89.